The Morgan fingerprint density at radius 1 is 1.00 bits per heavy atom. The number of likely N-dealkylation sites (tertiary alicyclic amines) is 1. The minimum absolute atomic E-state index is 0.0409. The highest BCUT2D eigenvalue weighted by Crippen LogP contribution is 2.41. The Morgan fingerprint density at radius 3 is 2.39 bits per heavy atom. The highest BCUT2D eigenvalue weighted by atomic mass is 16.5. The molecule has 186 valence electrons. The van der Waals surface area contributed by atoms with Gasteiger partial charge >= 0.3 is 0 Å². The van der Waals surface area contributed by atoms with Crippen LogP contribution >= 0.6 is 0 Å². The molecule has 2 aromatic carbocycles. The summed E-state index contributed by atoms with van der Waals surface area (Å²) in [7, 11) is 0. The van der Waals surface area contributed by atoms with E-state index in [9.17, 15) is 14.7 Å². The second kappa shape index (κ2) is 11.1. The molecule has 1 saturated heterocycles. The van der Waals surface area contributed by atoms with Gasteiger partial charge in [-0.2, -0.15) is 0 Å². The Labute approximate surface area is 211 Å². The summed E-state index contributed by atoms with van der Waals surface area (Å²) < 4.78 is 11.4. The van der Waals surface area contributed by atoms with E-state index in [0.29, 0.717) is 41.8 Å². The van der Waals surface area contributed by atoms with Crippen LogP contribution in [0.5, 0.6) is 11.5 Å². The largest absolute Gasteiger partial charge is 0.507 e. The first-order valence-corrected chi connectivity index (χ1v) is 12.0. The van der Waals surface area contributed by atoms with Gasteiger partial charge < -0.3 is 19.5 Å². The number of pyridine rings is 1. The molecule has 7 heteroatoms. The van der Waals surface area contributed by atoms with Gasteiger partial charge in [0.25, 0.3) is 11.7 Å². The third-order valence-electron chi connectivity index (χ3n) is 5.84. The Morgan fingerprint density at radius 2 is 1.72 bits per heavy atom. The summed E-state index contributed by atoms with van der Waals surface area (Å²) >= 11 is 0. The van der Waals surface area contributed by atoms with Crippen molar-refractivity contribution in [1.29, 1.82) is 0 Å². The molecule has 1 aliphatic heterocycles. The van der Waals surface area contributed by atoms with Crippen molar-refractivity contribution in [2.75, 3.05) is 13.2 Å². The van der Waals surface area contributed by atoms with E-state index in [4.69, 9.17) is 9.47 Å². The lowest BCUT2D eigenvalue weighted by molar-refractivity contribution is -0.140. The van der Waals surface area contributed by atoms with Crippen molar-refractivity contribution in [2.45, 2.75) is 33.4 Å². The van der Waals surface area contributed by atoms with Crippen LogP contribution in [0.4, 0.5) is 0 Å². The van der Waals surface area contributed by atoms with Gasteiger partial charge in [-0.1, -0.05) is 26.0 Å². The first-order valence-electron chi connectivity index (χ1n) is 12.0. The zero-order valence-electron chi connectivity index (χ0n) is 20.7. The average molecular weight is 487 g/mol. The lowest BCUT2D eigenvalue weighted by Crippen LogP contribution is -2.29. The molecule has 1 N–H and O–H groups in total. The van der Waals surface area contributed by atoms with Gasteiger partial charge in [0.15, 0.2) is 0 Å². The zero-order chi connectivity index (χ0) is 25.7. The summed E-state index contributed by atoms with van der Waals surface area (Å²) in [4.78, 5) is 32.1. The van der Waals surface area contributed by atoms with Gasteiger partial charge in [0.05, 0.1) is 24.8 Å². The van der Waals surface area contributed by atoms with Gasteiger partial charge in [-0.25, -0.2) is 0 Å². The van der Waals surface area contributed by atoms with E-state index in [0.717, 1.165) is 5.56 Å². The minimum atomic E-state index is -0.785. The minimum Gasteiger partial charge on any atom is -0.507 e. The van der Waals surface area contributed by atoms with Crippen LogP contribution in [-0.4, -0.2) is 39.9 Å². The third kappa shape index (κ3) is 5.40. The fourth-order valence-corrected chi connectivity index (χ4v) is 4.14. The fraction of sp³-hybridized carbons (Fsp3) is 0.276. The topological polar surface area (TPSA) is 89.0 Å². The molecule has 0 radical (unpaired) electrons. The summed E-state index contributed by atoms with van der Waals surface area (Å²) in [5, 5.41) is 11.3. The Hall–Kier alpha value is -4.13. The van der Waals surface area contributed by atoms with Gasteiger partial charge in [-0.3, -0.25) is 14.6 Å². The Balaban J connectivity index is 1.80. The number of benzene rings is 2. The molecule has 3 aromatic rings. The molecule has 4 rings (SSSR count). The van der Waals surface area contributed by atoms with Crippen LogP contribution in [-0.2, 0) is 16.1 Å². The van der Waals surface area contributed by atoms with Crippen LogP contribution in [0.1, 0.15) is 43.5 Å². The summed E-state index contributed by atoms with van der Waals surface area (Å²) in [5.74, 6) is 0.0000190. The van der Waals surface area contributed by atoms with Crippen molar-refractivity contribution in [3.63, 3.8) is 0 Å². The Bertz CT molecular complexity index is 1250. The number of ether oxygens (including phenoxy) is 2. The predicted octanol–water partition coefficient (Wildman–Crippen LogP) is 5.14. The average Bonchev–Trinajstić information content (AvgIpc) is 3.13. The quantitative estimate of drug-likeness (QED) is 0.256. The van der Waals surface area contributed by atoms with Gasteiger partial charge in [0.1, 0.15) is 17.3 Å². The highest BCUT2D eigenvalue weighted by molar-refractivity contribution is 6.46. The lowest BCUT2D eigenvalue weighted by Gasteiger charge is -2.26. The summed E-state index contributed by atoms with van der Waals surface area (Å²) in [6, 6.07) is 16.9. The Kier molecular flexibility index (Phi) is 7.68. The van der Waals surface area contributed by atoms with E-state index in [-0.39, 0.29) is 17.9 Å². The number of rotatable bonds is 9. The molecule has 0 saturated carbocycles. The molecule has 1 amide bonds. The van der Waals surface area contributed by atoms with Gasteiger partial charge in [0.2, 0.25) is 0 Å². The standard InChI is InChI=1S/C29H30N2O5/c1-4-35-23-10-8-21(9-11-23)27(32)25-26(22-6-5-7-24(16-22)36-18-19(2)3)31(29(34)28(25)33)17-20-12-14-30-15-13-20/h5-16,19,26,32H,4,17-18H2,1-3H3/b27-25-. The normalized spacial score (nSPS) is 17.0. The van der Waals surface area contributed by atoms with Crippen LogP contribution in [0, 0.1) is 5.92 Å². The molecule has 1 aliphatic rings. The van der Waals surface area contributed by atoms with Crippen molar-refractivity contribution < 1.29 is 24.2 Å². The van der Waals surface area contributed by atoms with E-state index in [1.807, 2.05) is 31.2 Å². The summed E-state index contributed by atoms with van der Waals surface area (Å²) in [6.07, 6.45) is 3.28. The number of ketones is 1. The van der Waals surface area contributed by atoms with Crippen LogP contribution in [0.2, 0.25) is 0 Å². The monoisotopic (exact) mass is 486 g/mol. The van der Waals surface area contributed by atoms with Crippen LogP contribution in [0.25, 0.3) is 5.76 Å². The maximum Gasteiger partial charge on any atom is 0.295 e. The third-order valence-corrected chi connectivity index (χ3v) is 5.84. The van der Waals surface area contributed by atoms with Crippen LogP contribution in [0.15, 0.2) is 78.6 Å². The number of aliphatic hydroxyl groups excluding tert-OH is 1. The predicted molar refractivity (Wildman–Crippen MR) is 136 cm³/mol. The first kappa shape index (κ1) is 25.0. The number of hydrogen-bond donors (Lipinski definition) is 1. The fourth-order valence-electron chi connectivity index (χ4n) is 4.14. The van der Waals surface area contributed by atoms with Crippen molar-refractivity contribution in [3.05, 3.63) is 95.3 Å². The molecule has 1 unspecified atom stereocenters. The molecule has 36 heavy (non-hydrogen) atoms. The number of amides is 1. The second-order valence-corrected chi connectivity index (χ2v) is 9.02. The molecule has 7 nitrogen and oxygen atoms in total. The van der Waals surface area contributed by atoms with Gasteiger partial charge in [0, 0.05) is 24.5 Å². The lowest BCUT2D eigenvalue weighted by atomic mass is 9.95. The smallest absolute Gasteiger partial charge is 0.295 e. The molecule has 0 bridgehead atoms. The van der Waals surface area contributed by atoms with E-state index in [2.05, 4.69) is 18.8 Å². The highest BCUT2D eigenvalue weighted by Gasteiger charge is 2.46. The molecular weight excluding hydrogens is 456 g/mol. The van der Waals surface area contributed by atoms with E-state index < -0.39 is 17.7 Å². The maximum absolute atomic E-state index is 13.3. The zero-order valence-corrected chi connectivity index (χ0v) is 20.7. The van der Waals surface area contributed by atoms with Crippen molar-refractivity contribution in [3.8, 4) is 11.5 Å². The summed E-state index contributed by atoms with van der Waals surface area (Å²) in [6.45, 7) is 7.24. The van der Waals surface area contributed by atoms with Crippen molar-refractivity contribution in [2.24, 2.45) is 5.92 Å². The number of carbonyl (C=O) groups excluding carboxylic acids is 2. The second-order valence-electron chi connectivity index (χ2n) is 9.02. The molecule has 1 aromatic heterocycles. The molecule has 0 aliphatic carbocycles. The SMILES string of the molecule is CCOc1ccc(/C(O)=C2/C(=O)C(=O)N(Cc3ccncc3)C2c2cccc(OCC(C)C)c2)cc1. The number of carbonyl (C=O) groups is 2. The number of aliphatic hydroxyl groups is 1. The van der Waals surface area contributed by atoms with Crippen LogP contribution in [0.3, 0.4) is 0 Å². The molecule has 2 heterocycles. The molecule has 0 spiro atoms. The maximum atomic E-state index is 13.3. The number of hydrogen-bond acceptors (Lipinski definition) is 6. The summed E-state index contributed by atoms with van der Waals surface area (Å²) in [5.41, 5.74) is 1.97. The first-order chi connectivity index (χ1) is 17.4. The van der Waals surface area contributed by atoms with E-state index in [1.54, 1.807) is 48.8 Å². The van der Waals surface area contributed by atoms with Crippen LogP contribution < -0.4 is 9.47 Å². The van der Waals surface area contributed by atoms with Gasteiger partial charge in [-0.15, -0.1) is 0 Å². The van der Waals surface area contributed by atoms with Crippen molar-refractivity contribution >= 4 is 17.4 Å². The van der Waals surface area contributed by atoms with E-state index >= 15 is 0 Å². The molecule has 1 atom stereocenters. The van der Waals surface area contributed by atoms with Crippen molar-refractivity contribution in [1.82, 2.24) is 9.88 Å². The number of Topliss-reactive ketones (excluding diaryl/α,β-unsaturated/α-hetero) is 1. The molecular formula is C29H30N2O5. The number of nitrogens with zero attached hydrogens (tertiary/aromatic N) is 2. The molecule has 1 fully saturated rings. The van der Waals surface area contributed by atoms with E-state index in [1.165, 1.54) is 4.90 Å². The number of aromatic nitrogens is 1. The van der Waals surface area contributed by atoms with Gasteiger partial charge in [-0.05, 0) is 72.5 Å².